The van der Waals surface area contributed by atoms with Gasteiger partial charge in [0, 0.05) is 58.9 Å². The van der Waals surface area contributed by atoms with Crippen molar-refractivity contribution in [3.8, 4) is 0 Å². The molecule has 2 aromatic carbocycles. The Bertz CT molecular complexity index is 931. The van der Waals surface area contributed by atoms with Crippen molar-refractivity contribution in [3.05, 3.63) is 65.2 Å². The van der Waals surface area contributed by atoms with Gasteiger partial charge in [-0.25, -0.2) is 0 Å². The van der Waals surface area contributed by atoms with Crippen LogP contribution < -0.4 is 15.5 Å². The van der Waals surface area contributed by atoms with Crippen LogP contribution in [0.2, 0.25) is 0 Å². The van der Waals surface area contributed by atoms with Crippen LogP contribution in [0, 0.1) is 5.92 Å². The first-order valence-electron chi connectivity index (χ1n) is 11.7. The second-order valence-corrected chi connectivity index (χ2v) is 8.83. The first-order valence-corrected chi connectivity index (χ1v) is 11.7. The normalized spacial score (nSPS) is 16.8. The fourth-order valence-corrected chi connectivity index (χ4v) is 4.78. The monoisotopic (exact) mass is 433 g/mol. The maximum absolute atomic E-state index is 11.6. The predicted octanol–water partition coefficient (Wildman–Crippen LogP) is 3.17. The molecule has 0 atom stereocenters. The quantitative estimate of drug-likeness (QED) is 0.543. The summed E-state index contributed by atoms with van der Waals surface area (Å²) in [6.07, 6.45) is 3.83. The smallest absolute Gasteiger partial charge is 0.220 e. The van der Waals surface area contributed by atoms with E-state index >= 15 is 0 Å². The molecule has 2 N–H and O–H groups in total. The zero-order valence-corrected chi connectivity index (χ0v) is 19.3. The first-order chi connectivity index (χ1) is 15.7. The van der Waals surface area contributed by atoms with Crippen LogP contribution in [0.25, 0.3) is 0 Å². The van der Waals surface area contributed by atoms with Gasteiger partial charge in [0.25, 0.3) is 0 Å². The van der Waals surface area contributed by atoms with Crippen LogP contribution in [-0.4, -0.2) is 50.5 Å². The molecule has 2 aromatic rings. The molecule has 6 nitrogen and oxygen atoms in total. The lowest BCUT2D eigenvalue weighted by molar-refractivity contribution is -0.121. The van der Waals surface area contributed by atoms with E-state index in [1.807, 2.05) is 7.05 Å². The van der Waals surface area contributed by atoms with Crippen LogP contribution in [0.5, 0.6) is 0 Å². The lowest BCUT2D eigenvalue weighted by atomic mass is 9.93. The summed E-state index contributed by atoms with van der Waals surface area (Å²) in [5, 5.41) is 6.25. The van der Waals surface area contributed by atoms with Gasteiger partial charge in [-0.15, -0.1) is 0 Å². The Morgan fingerprint density at radius 2 is 1.75 bits per heavy atom. The Labute approximate surface area is 191 Å². The highest BCUT2D eigenvalue weighted by atomic mass is 16.1. The van der Waals surface area contributed by atoms with E-state index in [1.165, 1.54) is 22.4 Å². The molecule has 1 amide bonds. The minimum atomic E-state index is 0.142. The number of carbonyl (C=O) groups is 1. The molecule has 4 rings (SSSR count). The molecule has 1 saturated heterocycles. The average Bonchev–Trinajstić information content (AvgIpc) is 3.24. The van der Waals surface area contributed by atoms with Crippen molar-refractivity contribution in [1.82, 2.24) is 15.5 Å². The molecule has 2 heterocycles. The molecule has 0 aliphatic carbocycles. The summed E-state index contributed by atoms with van der Waals surface area (Å²) in [5.74, 6) is 1.56. The fourth-order valence-electron chi connectivity index (χ4n) is 4.78. The first kappa shape index (κ1) is 22.2. The van der Waals surface area contributed by atoms with E-state index in [-0.39, 0.29) is 5.91 Å². The number of anilines is 1. The molecule has 170 valence electrons. The van der Waals surface area contributed by atoms with Crippen molar-refractivity contribution in [3.63, 3.8) is 0 Å². The number of benzene rings is 2. The summed E-state index contributed by atoms with van der Waals surface area (Å²) in [5.41, 5.74) is 5.43. The molecule has 0 aromatic heterocycles. The fraction of sp³-hybridized carbons (Fsp3) is 0.462. The van der Waals surface area contributed by atoms with Crippen molar-refractivity contribution < 1.29 is 4.79 Å². The third-order valence-corrected chi connectivity index (χ3v) is 6.71. The van der Waals surface area contributed by atoms with E-state index in [4.69, 9.17) is 0 Å². The number of para-hydroxylation sites is 1. The predicted molar refractivity (Wildman–Crippen MR) is 131 cm³/mol. The number of piperidine rings is 1. The van der Waals surface area contributed by atoms with Gasteiger partial charge in [0.2, 0.25) is 5.91 Å². The lowest BCUT2D eigenvalue weighted by Gasteiger charge is -2.34. The molecule has 6 heteroatoms. The molecule has 1 fully saturated rings. The Kier molecular flexibility index (Phi) is 7.30. The van der Waals surface area contributed by atoms with Crippen LogP contribution >= 0.6 is 0 Å². The van der Waals surface area contributed by atoms with Gasteiger partial charge in [0.15, 0.2) is 5.96 Å². The number of nitrogens with one attached hydrogen (secondary N) is 2. The van der Waals surface area contributed by atoms with Gasteiger partial charge in [-0.05, 0) is 47.9 Å². The Hall–Kier alpha value is -3.02. The summed E-state index contributed by atoms with van der Waals surface area (Å²) in [6, 6.07) is 17.6. The van der Waals surface area contributed by atoms with Crippen molar-refractivity contribution in [2.45, 2.75) is 38.8 Å². The number of likely N-dealkylation sites (tertiary alicyclic amines) is 1. The number of rotatable bonds is 6. The number of amides is 1. The van der Waals surface area contributed by atoms with Gasteiger partial charge in [0.1, 0.15) is 0 Å². The number of fused-ring (bicyclic) bond motifs is 1. The number of nitrogens with zero attached hydrogens (tertiary/aromatic N) is 3. The summed E-state index contributed by atoms with van der Waals surface area (Å²) >= 11 is 0. The standard InChI is InChI=1S/C26H35N5O/c1-27-25(32)17-20-11-14-30(15-12-20)26(28-2)29-18-21-7-9-22(10-8-21)19-31-16-13-23-5-3-4-6-24(23)31/h3-10,20H,11-19H2,1-2H3,(H,27,32)(H,28,29). The maximum atomic E-state index is 11.6. The maximum Gasteiger partial charge on any atom is 0.220 e. The van der Waals surface area contributed by atoms with Gasteiger partial charge < -0.3 is 20.4 Å². The highest BCUT2D eigenvalue weighted by Crippen LogP contribution is 2.28. The average molecular weight is 434 g/mol. The summed E-state index contributed by atoms with van der Waals surface area (Å²) in [4.78, 5) is 20.9. The third-order valence-electron chi connectivity index (χ3n) is 6.71. The zero-order valence-electron chi connectivity index (χ0n) is 19.3. The van der Waals surface area contributed by atoms with E-state index in [9.17, 15) is 4.79 Å². The van der Waals surface area contributed by atoms with Crippen LogP contribution in [-0.2, 0) is 24.3 Å². The van der Waals surface area contributed by atoms with Gasteiger partial charge >= 0.3 is 0 Å². The van der Waals surface area contributed by atoms with Crippen molar-refractivity contribution >= 4 is 17.6 Å². The highest BCUT2D eigenvalue weighted by molar-refractivity contribution is 5.80. The Morgan fingerprint density at radius 3 is 2.47 bits per heavy atom. The zero-order chi connectivity index (χ0) is 22.3. The second-order valence-electron chi connectivity index (χ2n) is 8.83. The molecule has 0 spiro atoms. The van der Waals surface area contributed by atoms with E-state index in [1.54, 1.807) is 7.05 Å². The third kappa shape index (κ3) is 5.42. The minimum Gasteiger partial charge on any atom is -0.367 e. The van der Waals surface area contributed by atoms with Gasteiger partial charge in [-0.1, -0.05) is 42.5 Å². The lowest BCUT2D eigenvalue weighted by Crippen LogP contribution is -2.45. The SMILES string of the molecule is CN=C(NCc1ccc(CN2CCc3ccccc32)cc1)N1CCC(CC(=O)NC)CC1. The van der Waals surface area contributed by atoms with Crippen molar-refractivity contribution in [2.75, 3.05) is 38.6 Å². The molecule has 2 aliphatic heterocycles. The van der Waals surface area contributed by atoms with Gasteiger partial charge in [-0.2, -0.15) is 0 Å². The highest BCUT2D eigenvalue weighted by Gasteiger charge is 2.23. The number of aliphatic imine (C=N–C) groups is 1. The van der Waals surface area contributed by atoms with Crippen molar-refractivity contribution in [2.24, 2.45) is 10.9 Å². The van der Waals surface area contributed by atoms with E-state index in [0.29, 0.717) is 12.3 Å². The summed E-state index contributed by atoms with van der Waals surface area (Å²) in [7, 11) is 3.55. The number of carbonyl (C=O) groups excluding carboxylic acids is 1. The van der Waals surface area contributed by atoms with Gasteiger partial charge in [-0.3, -0.25) is 9.79 Å². The van der Waals surface area contributed by atoms with E-state index in [0.717, 1.165) is 57.9 Å². The molecule has 0 bridgehead atoms. The van der Waals surface area contributed by atoms with Crippen LogP contribution in [0.3, 0.4) is 0 Å². The van der Waals surface area contributed by atoms with Crippen LogP contribution in [0.15, 0.2) is 53.5 Å². The molecule has 0 radical (unpaired) electrons. The number of hydrogen-bond acceptors (Lipinski definition) is 3. The van der Waals surface area contributed by atoms with Crippen LogP contribution in [0.4, 0.5) is 5.69 Å². The molecule has 0 saturated carbocycles. The molecular weight excluding hydrogens is 398 g/mol. The Morgan fingerprint density at radius 1 is 1.03 bits per heavy atom. The van der Waals surface area contributed by atoms with Crippen molar-refractivity contribution in [1.29, 1.82) is 0 Å². The number of guanidine groups is 1. The topological polar surface area (TPSA) is 60.0 Å². The summed E-state index contributed by atoms with van der Waals surface area (Å²) < 4.78 is 0. The Balaban J connectivity index is 1.25. The summed E-state index contributed by atoms with van der Waals surface area (Å²) in [6.45, 7) is 4.70. The molecule has 32 heavy (non-hydrogen) atoms. The largest absolute Gasteiger partial charge is 0.367 e. The molecular formula is C26H35N5O. The van der Waals surface area contributed by atoms with Gasteiger partial charge in [0.05, 0.1) is 0 Å². The molecule has 2 aliphatic rings. The number of hydrogen-bond donors (Lipinski definition) is 2. The second kappa shape index (κ2) is 10.5. The minimum absolute atomic E-state index is 0.142. The van der Waals surface area contributed by atoms with E-state index in [2.05, 4.69) is 74.0 Å². The van der Waals surface area contributed by atoms with E-state index < -0.39 is 0 Å². The molecule has 0 unspecified atom stereocenters. The van der Waals surface area contributed by atoms with Crippen LogP contribution in [0.1, 0.15) is 36.0 Å².